The van der Waals surface area contributed by atoms with Gasteiger partial charge in [-0.15, -0.1) is 0 Å². The first kappa shape index (κ1) is 18.2. The molecule has 0 fully saturated rings. The number of anilines is 1. The molecule has 0 bridgehead atoms. The van der Waals surface area contributed by atoms with Crippen LogP contribution in [-0.4, -0.2) is 23.3 Å². The molecule has 1 N–H and O–H groups in total. The van der Waals surface area contributed by atoms with Crippen LogP contribution >= 0.6 is 15.9 Å². The highest BCUT2D eigenvalue weighted by Crippen LogP contribution is 2.32. The lowest BCUT2D eigenvalue weighted by Gasteiger charge is -2.07. The molecule has 28 heavy (non-hydrogen) atoms. The van der Waals surface area contributed by atoms with E-state index in [1.165, 1.54) is 0 Å². The molecule has 0 aliphatic rings. The maximum Gasteiger partial charge on any atom is 0.292 e. The molecule has 0 aliphatic heterocycles. The quantitative estimate of drug-likeness (QED) is 0.472. The first-order valence-corrected chi connectivity index (χ1v) is 9.25. The molecule has 2 heterocycles. The number of amides is 1. The Balaban J connectivity index is 1.67. The van der Waals surface area contributed by atoms with Crippen LogP contribution in [0.2, 0.25) is 0 Å². The highest BCUT2D eigenvalue weighted by Gasteiger charge is 2.22. The van der Waals surface area contributed by atoms with Crippen LogP contribution in [0.5, 0.6) is 5.75 Å². The predicted molar refractivity (Wildman–Crippen MR) is 108 cm³/mol. The molecule has 4 rings (SSSR count). The van der Waals surface area contributed by atoms with E-state index in [1.54, 1.807) is 7.11 Å². The van der Waals surface area contributed by atoms with Crippen LogP contribution in [0.1, 0.15) is 21.7 Å². The Morgan fingerprint density at radius 2 is 1.96 bits per heavy atom. The molecule has 2 aromatic carbocycles. The number of carbonyl (C=O) groups excluding carboxylic acids is 1. The average molecular weight is 442 g/mol. The first-order chi connectivity index (χ1) is 13.5. The van der Waals surface area contributed by atoms with Gasteiger partial charge in [-0.25, -0.2) is 4.63 Å². The molecule has 0 atom stereocenters. The number of carbonyl (C=O) groups is 1. The number of hydrogen-bond acceptors (Lipinski definition) is 6. The maximum absolute atomic E-state index is 12.8. The van der Waals surface area contributed by atoms with Crippen molar-refractivity contribution in [1.29, 1.82) is 0 Å². The van der Waals surface area contributed by atoms with Crippen molar-refractivity contribution in [2.45, 2.75) is 13.8 Å². The van der Waals surface area contributed by atoms with Crippen LogP contribution < -0.4 is 10.1 Å². The lowest BCUT2D eigenvalue weighted by atomic mass is 10.1. The van der Waals surface area contributed by atoms with Gasteiger partial charge in [0.25, 0.3) is 5.91 Å². The normalized spacial score (nSPS) is 11.0. The molecular weight excluding hydrogens is 426 g/mol. The molecule has 2 aromatic heterocycles. The van der Waals surface area contributed by atoms with Crippen LogP contribution in [-0.2, 0) is 0 Å². The number of aromatic nitrogens is 2. The fourth-order valence-electron chi connectivity index (χ4n) is 3.06. The summed E-state index contributed by atoms with van der Waals surface area (Å²) in [6, 6.07) is 11.1. The van der Waals surface area contributed by atoms with E-state index in [1.807, 2.05) is 50.2 Å². The zero-order chi connectivity index (χ0) is 19.8. The zero-order valence-corrected chi connectivity index (χ0v) is 17.0. The smallest absolute Gasteiger partial charge is 0.292 e. The van der Waals surface area contributed by atoms with Gasteiger partial charge in [0.2, 0.25) is 5.82 Å². The van der Waals surface area contributed by atoms with Crippen LogP contribution in [0.15, 0.2) is 49.9 Å². The average Bonchev–Trinajstić information content (AvgIpc) is 3.25. The molecule has 0 saturated heterocycles. The van der Waals surface area contributed by atoms with Crippen molar-refractivity contribution in [3.8, 4) is 17.0 Å². The standard InChI is InChI=1S/C20H16BrN3O4/c1-10-8-13(26-3)5-7-14(10)17-19(24-28-23-17)22-20(25)18-11(2)15-6-4-12(21)9-16(15)27-18/h4-9H,1-3H3,(H,22,24,25). The van der Waals surface area contributed by atoms with Crippen molar-refractivity contribution >= 4 is 38.6 Å². The molecule has 0 spiro atoms. The Labute approximate surface area is 168 Å². The summed E-state index contributed by atoms with van der Waals surface area (Å²) in [6.07, 6.45) is 0. The van der Waals surface area contributed by atoms with E-state index in [0.717, 1.165) is 32.3 Å². The van der Waals surface area contributed by atoms with Gasteiger partial charge in [-0.2, -0.15) is 0 Å². The maximum atomic E-state index is 12.8. The minimum atomic E-state index is -0.423. The molecule has 4 aromatic rings. The van der Waals surface area contributed by atoms with E-state index in [4.69, 9.17) is 13.8 Å². The van der Waals surface area contributed by atoms with Crippen LogP contribution in [0.3, 0.4) is 0 Å². The van der Waals surface area contributed by atoms with Crippen molar-refractivity contribution in [2.75, 3.05) is 12.4 Å². The summed E-state index contributed by atoms with van der Waals surface area (Å²) in [4.78, 5) is 12.8. The number of rotatable bonds is 4. The predicted octanol–water partition coefficient (Wildman–Crippen LogP) is 5.12. The lowest BCUT2D eigenvalue weighted by molar-refractivity contribution is 0.0997. The van der Waals surface area contributed by atoms with Gasteiger partial charge >= 0.3 is 0 Å². The molecule has 1 amide bonds. The molecule has 0 unspecified atom stereocenters. The number of fused-ring (bicyclic) bond motifs is 1. The van der Waals surface area contributed by atoms with E-state index in [-0.39, 0.29) is 11.6 Å². The van der Waals surface area contributed by atoms with Gasteiger partial charge < -0.3 is 9.15 Å². The van der Waals surface area contributed by atoms with Crippen molar-refractivity contribution in [1.82, 2.24) is 10.3 Å². The number of benzene rings is 2. The van der Waals surface area contributed by atoms with Crippen molar-refractivity contribution in [3.63, 3.8) is 0 Å². The third-order valence-electron chi connectivity index (χ3n) is 4.52. The number of halogens is 1. The molecular formula is C20H16BrN3O4. The monoisotopic (exact) mass is 441 g/mol. The fraction of sp³-hybridized carbons (Fsp3) is 0.150. The second kappa shape index (κ2) is 7.12. The molecule has 0 aliphatic carbocycles. The van der Waals surface area contributed by atoms with Crippen molar-refractivity contribution in [2.24, 2.45) is 0 Å². The highest BCUT2D eigenvalue weighted by molar-refractivity contribution is 9.10. The fourth-order valence-corrected chi connectivity index (χ4v) is 3.40. The summed E-state index contributed by atoms with van der Waals surface area (Å²) >= 11 is 3.40. The summed E-state index contributed by atoms with van der Waals surface area (Å²) in [5.74, 6) is 0.744. The van der Waals surface area contributed by atoms with Crippen LogP contribution in [0.25, 0.3) is 22.2 Å². The van der Waals surface area contributed by atoms with Gasteiger partial charge in [-0.1, -0.05) is 15.9 Å². The van der Waals surface area contributed by atoms with Gasteiger partial charge in [0.05, 0.1) is 7.11 Å². The molecule has 8 heteroatoms. The number of aryl methyl sites for hydroxylation is 2. The Morgan fingerprint density at radius 1 is 1.14 bits per heavy atom. The number of ether oxygens (including phenoxy) is 1. The lowest BCUT2D eigenvalue weighted by Crippen LogP contribution is -2.13. The van der Waals surface area contributed by atoms with E-state index >= 15 is 0 Å². The second-order valence-electron chi connectivity index (χ2n) is 6.29. The summed E-state index contributed by atoms with van der Waals surface area (Å²) in [6.45, 7) is 3.75. The number of hydrogen-bond donors (Lipinski definition) is 1. The number of furan rings is 1. The number of nitrogens with one attached hydrogen (secondary N) is 1. The third-order valence-corrected chi connectivity index (χ3v) is 5.01. The third kappa shape index (κ3) is 3.16. The SMILES string of the molecule is COc1ccc(-c2nonc2NC(=O)c2oc3cc(Br)ccc3c2C)c(C)c1. The topological polar surface area (TPSA) is 90.4 Å². The summed E-state index contributed by atoms with van der Waals surface area (Å²) in [7, 11) is 1.60. The van der Waals surface area contributed by atoms with Gasteiger partial charge in [0, 0.05) is 21.0 Å². The first-order valence-electron chi connectivity index (χ1n) is 8.45. The van der Waals surface area contributed by atoms with E-state index in [0.29, 0.717) is 11.3 Å². The van der Waals surface area contributed by atoms with E-state index in [2.05, 4.69) is 31.6 Å². The van der Waals surface area contributed by atoms with E-state index < -0.39 is 5.91 Å². The van der Waals surface area contributed by atoms with Crippen LogP contribution in [0.4, 0.5) is 5.82 Å². The Kier molecular flexibility index (Phi) is 4.64. The summed E-state index contributed by atoms with van der Waals surface area (Å²) in [5, 5.41) is 11.4. The van der Waals surface area contributed by atoms with Gasteiger partial charge in [0.15, 0.2) is 11.5 Å². The molecule has 142 valence electrons. The molecule has 7 nitrogen and oxygen atoms in total. The highest BCUT2D eigenvalue weighted by atomic mass is 79.9. The van der Waals surface area contributed by atoms with Gasteiger partial charge in [0.1, 0.15) is 11.3 Å². The van der Waals surface area contributed by atoms with E-state index in [9.17, 15) is 4.79 Å². The summed E-state index contributed by atoms with van der Waals surface area (Å²) in [5.41, 5.74) is 3.50. The Morgan fingerprint density at radius 3 is 2.71 bits per heavy atom. The Bertz CT molecular complexity index is 1200. The summed E-state index contributed by atoms with van der Waals surface area (Å²) < 4.78 is 16.7. The minimum Gasteiger partial charge on any atom is -0.497 e. The Hall–Kier alpha value is -3.13. The van der Waals surface area contributed by atoms with Crippen LogP contribution in [0, 0.1) is 13.8 Å². The number of methoxy groups -OCH3 is 1. The van der Waals surface area contributed by atoms with Gasteiger partial charge in [-0.3, -0.25) is 10.1 Å². The number of nitrogens with zero attached hydrogens (tertiary/aromatic N) is 2. The molecule has 0 saturated carbocycles. The zero-order valence-electron chi connectivity index (χ0n) is 15.4. The van der Waals surface area contributed by atoms with Crippen molar-refractivity contribution in [3.05, 3.63) is 57.8 Å². The largest absolute Gasteiger partial charge is 0.497 e. The second-order valence-corrected chi connectivity index (χ2v) is 7.21. The molecule has 0 radical (unpaired) electrons. The van der Waals surface area contributed by atoms with Crippen molar-refractivity contribution < 1.29 is 18.6 Å². The van der Waals surface area contributed by atoms with Gasteiger partial charge in [-0.05, 0) is 66.1 Å². The minimum absolute atomic E-state index is 0.216.